The van der Waals surface area contributed by atoms with Gasteiger partial charge in [0, 0.05) is 39.3 Å². The van der Waals surface area contributed by atoms with E-state index in [-0.39, 0.29) is 11.7 Å². The van der Waals surface area contributed by atoms with Crippen molar-refractivity contribution >= 4 is 28.8 Å². The Hall–Kier alpha value is -2.29. The van der Waals surface area contributed by atoms with Crippen LogP contribution in [0.4, 0.5) is 5.82 Å². The number of ether oxygens (including phenoxy) is 1. The largest absolute Gasteiger partial charge is 0.378 e. The number of morpholine rings is 1. The Morgan fingerprint density at radius 2 is 1.72 bits per heavy atom. The average molecular weight is 415 g/mol. The van der Waals surface area contributed by atoms with Crippen LogP contribution in [0.15, 0.2) is 24.3 Å². The van der Waals surface area contributed by atoms with Crippen molar-refractivity contribution < 1.29 is 14.3 Å². The molecule has 0 spiro atoms. The van der Waals surface area contributed by atoms with Crippen molar-refractivity contribution in [3.05, 3.63) is 34.7 Å². The van der Waals surface area contributed by atoms with Crippen molar-refractivity contribution in [2.24, 2.45) is 0 Å². The van der Waals surface area contributed by atoms with Crippen LogP contribution in [0.3, 0.4) is 0 Å². The molecule has 154 valence electrons. The van der Waals surface area contributed by atoms with Crippen molar-refractivity contribution in [2.45, 2.75) is 6.92 Å². The molecule has 2 aromatic heterocycles. The van der Waals surface area contributed by atoms with Crippen LogP contribution in [0.25, 0.3) is 10.6 Å². The minimum Gasteiger partial charge on any atom is -0.378 e. The predicted molar refractivity (Wildman–Crippen MR) is 114 cm³/mol. The first kappa shape index (κ1) is 20.0. The van der Waals surface area contributed by atoms with Crippen LogP contribution in [0.1, 0.15) is 27.0 Å². The highest BCUT2D eigenvalue weighted by atomic mass is 32.1. The second-order valence-corrected chi connectivity index (χ2v) is 8.57. The van der Waals surface area contributed by atoms with Crippen LogP contribution in [0, 0.1) is 0 Å². The minimum absolute atomic E-state index is 0.0363. The Balaban J connectivity index is 1.68. The van der Waals surface area contributed by atoms with E-state index in [2.05, 4.69) is 16.8 Å². The molecule has 0 radical (unpaired) electrons. The second kappa shape index (κ2) is 8.61. The lowest BCUT2D eigenvalue weighted by molar-refractivity contribution is 0.0663. The third-order valence-corrected chi connectivity index (χ3v) is 6.62. The highest BCUT2D eigenvalue weighted by Gasteiger charge is 2.26. The van der Waals surface area contributed by atoms with Gasteiger partial charge in [-0.15, -0.1) is 11.3 Å². The van der Waals surface area contributed by atoms with E-state index >= 15 is 0 Å². The number of anilines is 1. The van der Waals surface area contributed by atoms with Gasteiger partial charge < -0.3 is 19.4 Å². The number of rotatable bonds is 4. The lowest BCUT2D eigenvalue weighted by Crippen LogP contribution is -2.47. The van der Waals surface area contributed by atoms with E-state index in [0.717, 1.165) is 36.8 Å². The van der Waals surface area contributed by atoms with Crippen molar-refractivity contribution in [3.63, 3.8) is 0 Å². The van der Waals surface area contributed by atoms with Crippen LogP contribution in [0.5, 0.6) is 0 Å². The summed E-state index contributed by atoms with van der Waals surface area (Å²) in [6.07, 6.45) is 0. The molecule has 0 aromatic carbocycles. The fraction of sp³-hybridized carbons (Fsp3) is 0.476. The summed E-state index contributed by atoms with van der Waals surface area (Å²) in [6, 6.07) is 7.54. The molecule has 2 fully saturated rings. The van der Waals surface area contributed by atoms with Gasteiger partial charge >= 0.3 is 0 Å². The Kier molecular flexibility index (Phi) is 5.94. The molecule has 2 saturated heterocycles. The highest BCUT2D eigenvalue weighted by Crippen LogP contribution is 2.31. The Morgan fingerprint density at radius 1 is 1.00 bits per heavy atom. The Bertz CT molecular complexity index is 899. The van der Waals surface area contributed by atoms with Gasteiger partial charge in [0.05, 0.1) is 34.2 Å². The summed E-state index contributed by atoms with van der Waals surface area (Å²) in [4.78, 5) is 37.8. The maximum atomic E-state index is 13.3. The van der Waals surface area contributed by atoms with Gasteiger partial charge in [-0.2, -0.15) is 0 Å². The molecule has 7 nitrogen and oxygen atoms in total. The molecule has 0 atom stereocenters. The third kappa shape index (κ3) is 4.34. The molecule has 2 aliphatic rings. The molecule has 2 aromatic rings. The van der Waals surface area contributed by atoms with Crippen molar-refractivity contribution in [2.75, 3.05) is 64.4 Å². The van der Waals surface area contributed by atoms with E-state index in [4.69, 9.17) is 9.72 Å². The van der Waals surface area contributed by atoms with E-state index in [1.165, 1.54) is 11.3 Å². The lowest BCUT2D eigenvalue weighted by Gasteiger charge is -2.34. The maximum Gasteiger partial charge on any atom is 0.257 e. The predicted octanol–water partition coefficient (Wildman–Crippen LogP) is 2.24. The fourth-order valence-corrected chi connectivity index (χ4v) is 4.48. The smallest absolute Gasteiger partial charge is 0.257 e. The van der Waals surface area contributed by atoms with E-state index in [0.29, 0.717) is 42.6 Å². The highest BCUT2D eigenvalue weighted by molar-refractivity contribution is 7.17. The number of nitrogens with zero attached hydrogens (tertiary/aromatic N) is 4. The molecule has 0 saturated carbocycles. The summed E-state index contributed by atoms with van der Waals surface area (Å²) in [5.41, 5.74) is 1.43. The fourth-order valence-electron chi connectivity index (χ4n) is 3.61. The first-order chi connectivity index (χ1) is 14.0. The minimum atomic E-state index is 0.0363. The number of thiophene rings is 1. The number of hydrogen-bond donors (Lipinski definition) is 0. The van der Waals surface area contributed by atoms with Crippen LogP contribution in [-0.4, -0.2) is 86.0 Å². The normalized spacial score (nSPS) is 18.1. The molecule has 0 unspecified atom stereocenters. The van der Waals surface area contributed by atoms with Crippen LogP contribution in [-0.2, 0) is 4.74 Å². The molecule has 0 aliphatic carbocycles. The molecule has 29 heavy (non-hydrogen) atoms. The molecule has 0 bridgehead atoms. The Morgan fingerprint density at radius 3 is 2.38 bits per heavy atom. The van der Waals surface area contributed by atoms with Crippen molar-refractivity contribution in [3.8, 4) is 10.6 Å². The van der Waals surface area contributed by atoms with Gasteiger partial charge in [-0.25, -0.2) is 4.98 Å². The van der Waals surface area contributed by atoms with Crippen LogP contribution >= 0.6 is 11.3 Å². The molecular weight excluding hydrogens is 388 g/mol. The van der Waals surface area contributed by atoms with Crippen LogP contribution in [0.2, 0.25) is 0 Å². The van der Waals surface area contributed by atoms with Gasteiger partial charge in [-0.1, -0.05) is 0 Å². The SMILES string of the molecule is CC(=O)c1ccc(-c2ccc(C(=O)N3CCN(C)CC3)c(N3CCOCC3)n2)s1. The van der Waals surface area contributed by atoms with E-state index in [1.807, 2.05) is 29.2 Å². The lowest BCUT2D eigenvalue weighted by atomic mass is 10.1. The van der Waals surface area contributed by atoms with Gasteiger partial charge in [-0.3, -0.25) is 9.59 Å². The number of carbonyl (C=O) groups excluding carboxylic acids is 2. The average Bonchev–Trinajstić information content (AvgIpc) is 3.25. The van der Waals surface area contributed by atoms with Gasteiger partial charge in [-0.05, 0) is 38.2 Å². The number of amides is 1. The Labute approximate surface area is 174 Å². The summed E-state index contributed by atoms with van der Waals surface area (Å²) in [6.45, 7) is 7.47. The first-order valence-corrected chi connectivity index (χ1v) is 10.8. The molecule has 4 heterocycles. The molecule has 0 N–H and O–H groups in total. The quantitative estimate of drug-likeness (QED) is 0.715. The summed E-state index contributed by atoms with van der Waals surface area (Å²) < 4.78 is 5.49. The maximum absolute atomic E-state index is 13.3. The van der Waals surface area contributed by atoms with Gasteiger partial charge in [0.2, 0.25) is 0 Å². The van der Waals surface area contributed by atoms with Crippen LogP contribution < -0.4 is 4.90 Å². The second-order valence-electron chi connectivity index (χ2n) is 7.48. The number of pyridine rings is 1. The molecule has 8 heteroatoms. The molecule has 4 rings (SSSR count). The van der Waals surface area contributed by atoms with E-state index < -0.39 is 0 Å². The molecule has 2 aliphatic heterocycles. The summed E-state index contributed by atoms with van der Waals surface area (Å²) in [7, 11) is 2.08. The summed E-state index contributed by atoms with van der Waals surface area (Å²) in [5.74, 6) is 0.804. The van der Waals surface area contributed by atoms with Crippen molar-refractivity contribution in [1.29, 1.82) is 0 Å². The molecule has 1 amide bonds. The summed E-state index contributed by atoms with van der Waals surface area (Å²) >= 11 is 1.44. The number of likely N-dealkylation sites (N-methyl/N-ethyl adjacent to an activating group) is 1. The van der Waals surface area contributed by atoms with Crippen molar-refractivity contribution in [1.82, 2.24) is 14.8 Å². The number of hydrogen-bond acceptors (Lipinski definition) is 7. The third-order valence-electron chi connectivity index (χ3n) is 5.41. The van der Waals surface area contributed by atoms with Gasteiger partial charge in [0.15, 0.2) is 5.78 Å². The van der Waals surface area contributed by atoms with E-state index in [1.54, 1.807) is 6.92 Å². The topological polar surface area (TPSA) is 66.0 Å². The first-order valence-electron chi connectivity index (χ1n) is 9.95. The number of Topliss-reactive ketones (excluding diaryl/α,β-unsaturated/α-hetero) is 1. The molecular formula is C21H26N4O3S. The number of ketones is 1. The zero-order valence-corrected chi connectivity index (χ0v) is 17.7. The standard InChI is InChI=1S/C21H26N4O3S/c1-15(26)18-5-6-19(29-18)17-4-3-16(20(22-17)24-11-13-28-14-12-24)21(27)25-9-7-23(2)8-10-25/h3-6H,7-14H2,1-2H3. The van der Waals surface area contributed by atoms with Gasteiger partial charge in [0.1, 0.15) is 5.82 Å². The van der Waals surface area contributed by atoms with Gasteiger partial charge in [0.25, 0.3) is 5.91 Å². The zero-order valence-electron chi connectivity index (χ0n) is 16.9. The monoisotopic (exact) mass is 414 g/mol. The number of carbonyl (C=O) groups is 2. The summed E-state index contributed by atoms with van der Waals surface area (Å²) in [5, 5.41) is 0. The number of piperazine rings is 1. The van der Waals surface area contributed by atoms with E-state index in [9.17, 15) is 9.59 Å². The number of aromatic nitrogens is 1. The zero-order chi connectivity index (χ0) is 20.4.